The summed E-state index contributed by atoms with van der Waals surface area (Å²) >= 11 is 0. The normalized spacial score (nSPS) is 7.76. The molecule has 0 saturated carbocycles. The van der Waals surface area contributed by atoms with Gasteiger partial charge in [-0.25, -0.2) is 0 Å². The summed E-state index contributed by atoms with van der Waals surface area (Å²) in [6.07, 6.45) is 0. The van der Waals surface area contributed by atoms with Crippen molar-refractivity contribution in [1.29, 1.82) is 0 Å². The molecule has 0 aliphatic heterocycles. The quantitative estimate of drug-likeness (QED) is 0.648. The first kappa shape index (κ1) is 27.7. The second-order valence-electron chi connectivity index (χ2n) is 4.17. The Balaban J connectivity index is -0.000000299. The first-order chi connectivity index (χ1) is 12.1. The van der Waals surface area contributed by atoms with E-state index < -0.39 is 0 Å². The summed E-state index contributed by atoms with van der Waals surface area (Å²) < 4.78 is 9.86. The molecule has 0 heterocycles. The summed E-state index contributed by atoms with van der Waals surface area (Å²) in [5.74, 6) is 1.88. The molecule has 0 saturated heterocycles. The predicted molar refractivity (Wildman–Crippen MR) is 111 cm³/mol. The van der Waals surface area contributed by atoms with Crippen LogP contribution in [-0.2, 0) is 0 Å². The predicted octanol–water partition coefficient (Wildman–Crippen LogP) is 6.79. The highest BCUT2D eigenvalue weighted by Gasteiger charge is 1.95. The molecule has 0 atom stereocenters. The van der Waals surface area contributed by atoms with Crippen LogP contribution in [0.1, 0.15) is 52.7 Å². The molecule has 1 N–H and O–H groups in total. The minimum absolute atomic E-state index is 0.277. The number of rotatable bonds is 2. The number of benzene rings is 2. The molecule has 144 valence electrons. The van der Waals surface area contributed by atoms with E-state index in [1.807, 2.05) is 84.9 Å². The van der Waals surface area contributed by atoms with Gasteiger partial charge in [0.2, 0.25) is 0 Å². The first-order valence-electron chi connectivity index (χ1n) is 9.01. The van der Waals surface area contributed by atoms with E-state index in [1.165, 1.54) is 5.56 Å². The zero-order chi connectivity index (χ0) is 20.3. The van der Waals surface area contributed by atoms with Gasteiger partial charge in [0, 0.05) is 6.07 Å². The Morgan fingerprint density at radius 1 is 0.640 bits per heavy atom. The number of aryl methyl sites for hydroxylation is 2. The molecule has 0 aromatic heterocycles. The minimum Gasteiger partial charge on any atom is -0.508 e. The zero-order valence-corrected chi connectivity index (χ0v) is 17.8. The lowest BCUT2D eigenvalue weighted by Crippen LogP contribution is -1.82. The standard InChI is InChI=1S/C8H10O2.C8H10O.3C2H6/c1-6-3-4-7(10-2)5-8(6)9;1-7-3-5-8(9-2)6-4-7;3*1-2/h3-5,9H,1-2H3;3-6H,1-2H3;3*1-2H3. The van der Waals surface area contributed by atoms with Crippen molar-refractivity contribution in [1.82, 2.24) is 0 Å². The van der Waals surface area contributed by atoms with E-state index in [9.17, 15) is 0 Å². The minimum atomic E-state index is 0.277. The third-order valence-corrected chi connectivity index (χ3v) is 2.67. The third kappa shape index (κ3) is 13.9. The van der Waals surface area contributed by atoms with Gasteiger partial charge in [-0.05, 0) is 37.6 Å². The zero-order valence-electron chi connectivity index (χ0n) is 17.8. The van der Waals surface area contributed by atoms with Crippen molar-refractivity contribution in [2.45, 2.75) is 55.4 Å². The number of phenols is 1. The molecule has 0 radical (unpaired) electrons. The summed E-state index contributed by atoms with van der Waals surface area (Å²) in [7, 11) is 3.24. The van der Waals surface area contributed by atoms with Crippen LogP contribution in [0.5, 0.6) is 17.2 Å². The summed E-state index contributed by atoms with van der Waals surface area (Å²) in [5.41, 5.74) is 2.12. The summed E-state index contributed by atoms with van der Waals surface area (Å²) in [6, 6.07) is 13.2. The fourth-order valence-corrected chi connectivity index (χ4v) is 1.39. The van der Waals surface area contributed by atoms with Gasteiger partial charge in [-0.15, -0.1) is 0 Å². The molecule has 0 aliphatic carbocycles. The van der Waals surface area contributed by atoms with Crippen molar-refractivity contribution < 1.29 is 14.6 Å². The maximum absolute atomic E-state index is 9.15. The number of methoxy groups -OCH3 is 2. The maximum atomic E-state index is 9.15. The van der Waals surface area contributed by atoms with Crippen LogP contribution in [0.2, 0.25) is 0 Å². The molecule has 0 bridgehead atoms. The van der Waals surface area contributed by atoms with Gasteiger partial charge >= 0.3 is 0 Å². The monoisotopic (exact) mass is 350 g/mol. The average Bonchev–Trinajstić information content (AvgIpc) is 2.70. The summed E-state index contributed by atoms with van der Waals surface area (Å²) in [5, 5.41) is 9.15. The molecule has 3 nitrogen and oxygen atoms in total. The molecular formula is C22H38O3. The average molecular weight is 351 g/mol. The highest BCUT2D eigenvalue weighted by molar-refractivity contribution is 5.38. The van der Waals surface area contributed by atoms with E-state index in [1.54, 1.807) is 20.3 Å². The number of hydrogen-bond donors (Lipinski definition) is 1. The molecule has 0 spiro atoms. The Morgan fingerprint density at radius 2 is 1.04 bits per heavy atom. The Bertz CT molecular complexity index is 505. The maximum Gasteiger partial charge on any atom is 0.122 e. The Hall–Kier alpha value is -2.16. The number of ether oxygens (including phenoxy) is 2. The van der Waals surface area contributed by atoms with Gasteiger partial charge < -0.3 is 14.6 Å². The van der Waals surface area contributed by atoms with Crippen LogP contribution in [0.4, 0.5) is 0 Å². The molecule has 0 unspecified atom stereocenters. The van der Waals surface area contributed by atoms with Crippen LogP contribution >= 0.6 is 0 Å². The van der Waals surface area contributed by atoms with E-state index in [2.05, 4.69) is 6.92 Å². The number of phenolic OH excluding ortho intramolecular Hbond substituents is 1. The first-order valence-corrected chi connectivity index (χ1v) is 9.01. The van der Waals surface area contributed by atoms with Gasteiger partial charge in [-0.2, -0.15) is 0 Å². The van der Waals surface area contributed by atoms with E-state index >= 15 is 0 Å². The van der Waals surface area contributed by atoms with Crippen LogP contribution in [0.3, 0.4) is 0 Å². The lowest BCUT2D eigenvalue weighted by atomic mass is 10.2. The lowest BCUT2D eigenvalue weighted by Gasteiger charge is -2.01. The smallest absolute Gasteiger partial charge is 0.122 e. The van der Waals surface area contributed by atoms with Gasteiger partial charge in [0.05, 0.1) is 14.2 Å². The molecule has 25 heavy (non-hydrogen) atoms. The van der Waals surface area contributed by atoms with Crippen LogP contribution < -0.4 is 9.47 Å². The Labute approximate surface area is 155 Å². The third-order valence-electron chi connectivity index (χ3n) is 2.67. The van der Waals surface area contributed by atoms with Crippen LogP contribution in [0, 0.1) is 13.8 Å². The van der Waals surface area contributed by atoms with Crippen molar-refractivity contribution >= 4 is 0 Å². The molecule has 0 aliphatic rings. The van der Waals surface area contributed by atoms with Crippen molar-refractivity contribution in [2.75, 3.05) is 14.2 Å². The van der Waals surface area contributed by atoms with E-state index in [4.69, 9.17) is 14.6 Å². The highest BCUT2D eigenvalue weighted by Crippen LogP contribution is 2.21. The van der Waals surface area contributed by atoms with Crippen molar-refractivity contribution in [3.8, 4) is 17.2 Å². The molecule has 0 amide bonds. The molecular weight excluding hydrogens is 312 g/mol. The SMILES string of the molecule is CC.CC.CC.COc1ccc(C)c(O)c1.COc1ccc(C)cc1. The van der Waals surface area contributed by atoms with Crippen LogP contribution in [-0.4, -0.2) is 19.3 Å². The van der Waals surface area contributed by atoms with E-state index in [0.717, 1.165) is 11.3 Å². The Morgan fingerprint density at radius 3 is 1.40 bits per heavy atom. The highest BCUT2D eigenvalue weighted by atomic mass is 16.5. The van der Waals surface area contributed by atoms with Gasteiger partial charge in [0.1, 0.15) is 17.2 Å². The summed E-state index contributed by atoms with van der Waals surface area (Å²) in [4.78, 5) is 0. The van der Waals surface area contributed by atoms with Gasteiger partial charge in [0.15, 0.2) is 0 Å². The number of hydrogen-bond acceptors (Lipinski definition) is 3. The van der Waals surface area contributed by atoms with E-state index in [-0.39, 0.29) is 5.75 Å². The molecule has 0 fully saturated rings. The summed E-state index contributed by atoms with van der Waals surface area (Å²) in [6.45, 7) is 15.9. The van der Waals surface area contributed by atoms with Crippen molar-refractivity contribution in [2.24, 2.45) is 0 Å². The molecule has 3 heteroatoms. The van der Waals surface area contributed by atoms with Crippen molar-refractivity contribution in [3.63, 3.8) is 0 Å². The van der Waals surface area contributed by atoms with Gasteiger partial charge in [-0.3, -0.25) is 0 Å². The largest absolute Gasteiger partial charge is 0.508 e. The Kier molecular flexibility index (Phi) is 22.0. The van der Waals surface area contributed by atoms with Crippen molar-refractivity contribution in [3.05, 3.63) is 53.6 Å². The second kappa shape index (κ2) is 19.9. The van der Waals surface area contributed by atoms with Gasteiger partial charge in [-0.1, -0.05) is 65.3 Å². The number of aromatic hydroxyl groups is 1. The second-order valence-corrected chi connectivity index (χ2v) is 4.17. The van der Waals surface area contributed by atoms with E-state index in [0.29, 0.717) is 5.75 Å². The van der Waals surface area contributed by atoms with Crippen LogP contribution in [0.15, 0.2) is 42.5 Å². The lowest BCUT2D eigenvalue weighted by molar-refractivity contribution is 0.407. The van der Waals surface area contributed by atoms with Crippen LogP contribution in [0.25, 0.3) is 0 Å². The molecule has 2 rings (SSSR count). The molecule has 2 aromatic carbocycles. The fraction of sp³-hybridized carbons (Fsp3) is 0.455. The molecule has 2 aromatic rings. The topological polar surface area (TPSA) is 38.7 Å². The van der Waals surface area contributed by atoms with Gasteiger partial charge in [0.25, 0.3) is 0 Å². The fourth-order valence-electron chi connectivity index (χ4n) is 1.39.